The highest BCUT2D eigenvalue weighted by molar-refractivity contribution is 7.99. The minimum Gasteiger partial charge on any atom is -0.491 e. The second kappa shape index (κ2) is 13.7. The van der Waals surface area contributed by atoms with Crippen molar-refractivity contribution in [2.45, 2.75) is 46.1 Å². The van der Waals surface area contributed by atoms with Crippen LogP contribution in [-0.2, 0) is 4.74 Å². The molecule has 3 nitrogen and oxygen atoms in total. The number of hydrogen-bond acceptors (Lipinski definition) is 4. The summed E-state index contributed by atoms with van der Waals surface area (Å²) in [5.41, 5.74) is 0. The predicted octanol–water partition coefficient (Wildman–Crippen LogP) is 4.67. The lowest BCUT2D eigenvalue weighted by atomic mass is 10.3. The fraction of sp³-hybridized carbons (Fsp3) is 0.684. The first-order valence-electron chi connectivity index (χ1n) is 8.89. The molecule has 0 saturated carbocycles. The normalized spacial score (nSPS) is 12.5. The Hall–Kier alpha value is -0.710. The maximum atomic E-state index is 6.16. The van der Waals surface area contributed by atoms with Gasteiger partial charge in [0.05, 0.1) is 6.73 Å². The topological polar surface area (TPSA) is 21.7 Å². The van der Waals surface area contributed by atoms with E-state index in [9.17, 15) is 0 Å². The molecule has 0 aliphatic heterocycles. The number of thioether (sulfide) groups is 1. The van der Waals surface area contributed by atoms with E-state index >= 15 is 0 Å². The van der Waals surface area contributed by atoms with Gasteiger partial charge in [-0.3, -0.25) is 4.90 Å². The Morgan fingerprint density at radius 1 is 1.00 bits per heavy atom. The second-order valence-corrected chi connectivity index (χ2v) is 6.88. The van der Waals surface area contributed by atoms with Crippen LogP contribution in [0.1, 0.15) is 40.0 Å². The maximum Gasteiger partial charge on any atom is 0.119 e. The zero-order chi connectivity index (χ0) is 16.8. The van der Waals surface area contributed by atoms with E-state index in [4.69, 9.17) is 9.47 Å². The van der Waals surface area contributed by atoms with Gasteiger partial charge in [-0.05, 0) is 37.1 Å². The molecule has 132 valence electrons. The quantitative estimate of drug-likeness (QED) is 0.362. The minimum absolute atomic E-state index is 0.142. The molecule has 0 aliphatic rings. The van der Waals surface area contributed by atoms with Gasteiger partial charge in [-0.25, -0.2) is 0 Å². The van der Waals surface area contributed by atoms with Crippen LogP contribution in [0.25, 0.3) is 0 Å². The minimum atomic E-state index is 0.142. The molecule has 1 aromatic rings. The highest BCUT2D eigenvalue weighted by atomic mass is 32.2. The molecule has 0 fully saturated rings. The van der Waals surface area contributed by atoms with Crippen molar-refractivity contribution in [1.29, 1.82) is 0 Å². The van der Waals surface area contributed by atoms with Gasteiger partial charge in [0.1, 0.15) is 18.5 Å². The van der Waals surface area contributed by atoms with Crippen LogP contribution in [0.15, 0.2) is 30.3 Å². The molecule has 0 aromatic heterocycles. The van der Waals surface area contributed by atoms with Crippen molar-refractivity contribution in [2.75, 3.05) is 37.9 Å². The fourth-order valence-electron chi connectivity index (χ4n) is 2.29. The molecular formula is C19H33NO2S. The lowest BCUT2D eigenvalue weighted by Crippen LogP contribution is -2.34. The summed E-state index contributed by atoms with van der Waals surface area (Å²) in [6.07, 6.45) is 3.68. The van der Waals surface area contributed by atoms with Crippen molar-refractivity contribution in [2.24, 2.45) is 0 Å². The van der Waals surface area contributed by atoms with Crippen LogP contribution in [0.3, 0.4) is 0 Å². The SMILES string of the molecule is CCCSCC(COc1ccccc1)OCN(CCC)CCC. The zero-order valence-corrected chi connectivity index (χ0v) is 15.8. The van der Waals surface area contributed by atoms with Crippen molar-refractivity contribution in [3.8, 4) is 5.75 Å². The molecule has 0 bridgehead atoms. The monoisotopic (exact) mass is 339 g/mol. The Bertz CT molecular complexity index is 369. The van der Waals surface area contributed by atoms with Crippen molar-refractivity contribution < 1.29 is 9.47 Å². The van der Waals surface area contributed by atoms with Crippen molar-refractivity contribution in [3.05, 3.63) is 30.3 Å². The summed E-state index contributed by atoms with van der Waals surface area (Å²) in [5, 5.41) is 0. The average Bonchev–Trinajstić information content (AvgIpc) is 2.58. The van der Waals surface area contributed by atoms with Gasteiger partial charge in [-0.1, -0.05) is 39.0 Å². The molecule has 23 heavy (non-hydrogen) atoms. The first-order chi connectivity index (χ1) is 11.3. The van der Waals surface area contributed by atoms with E-state index in [1.54, 1.807) is 0 Å². The lowest BCUT2D eigenvalue weighted by Gasteiger charge is -2.25. The second-order valence-electron chi connectivity index (χ2n) is 5.73. The molecule has 1 unspecified atom stereocenters. The van der Waals surface area contributed by atoms with Gasteiger partial charge in [0.15, 0.2) is 0 Å². The maximum absolute atomic E-state index is 6.16. The standard InChI is InChI=1S/C19H33NO2S/c1-4-12-20(13-5-2)17-22-19(16-23-14-6-3)15-21-18-10-8-7-9-11-18/h7-11,19H,4-6,12-17H2,1-3H3. The summed E-state index contributed by atoms with van der Waals surface area (Å²) in [4.78, 5) is 2.39. The smallest absolute Gasteiger partial charge is 0.119 e. The van der Waals surface area contributed by atoms with E-state index in [-0.39, 0.29) is 6.10 Å². The van der Waals surface area contributed by atoms with Crippen LogP contribution in [0, 0.1) is 0 Å². The van der Waals surface area contributed by atoms with E-state index in [0.717, 1.165) is 24.6 Å². The molecule has 0 heterocycles. The van der Waals surface area contributed by atoms with Crippen LogP contribution < -0.4 is 4.74 Å². The molecule has 1 aromatic carbocycles. The van der Waals surface area contributed by atoms with E-state index in [0.29, 0.717) is 13.3 Å². The van der Waals surface area contributed by atoms with E-state index in [2.05, 4.69) is 25.7 Å². The van der Waals surface area contributed by atoms with Gasteiger partial charge in [-0.15, -0.1) is 0 Å². The Kier molecular flexibility index (Phi) is 12.1. The first kappa shape index (κ1) is 20.3. The van der Waals surface area contributed by atoms with Crippen molar-refractivity contribution in [1.82, 2.24) is 4.90 Å². The third kappa shape index (κ3) is 9.90. The van der Waals surface area contributed by atoms with Gasteiger partial charge >= 0.3 is 0 Å². The van der Waals surface area contributed by atoms with Gasteiger partial charge in [0.25, 0.3) is 0 Å². The third-order valence-electron chi connectivity index (χ3n) is 3.40. The van der Waals surface area contributed by atoms with Crippen LogP contribution >= 0.6 is 11.8 Å². The molecule has 0 spiro atoms. The molecule has 0 aliphatic carbocycles. The average molecular weight is 340 g/mol. The molecule has 0 saturated heterocycles. The first-order valence-corrected chi connectivity index (χ1v) is 10.0. The molecule has 4 heteroatoms. The molecule has 0 N–H and O–H groups in total. The largest absolute Gasteiger partial charge is 0.491 e. The number of nitrogens with zero attached hydrogens (tertiary/aromatic N) is 1. The molecule has 0 radical (unpaired) electrons. The number of rotatable bonds is 14. The Morgan fingerprint density at radius 3 is 2.30 bits per heavy atom. The summed E-state index contributed by atoms with van der Waals surface area (Å²) >= 11 is 1.95. The lowest BCUT2D eigenvalue weighted by molar-refractivity contribution is -0.0297. The summed E-state index contributed by atoms with van der Waals surface area (Å²) in [7, 11) is 0. The van der Waals surface area contributed by atoms with E-state index in [1.807, 2.05) is 42.1 Å². The van der Waals surface area contributed by atoms with Crippen molar-refractivity contribution in [3.63, 3.8) is 0 Å². The third-order valence-corrected chi connectivity index (χ3v) is 4.71. The van der Waals surface area contributed by atoms with Crippen LogP contribution in [-0.4, -0.2) is 48.9 Å². The Labute approximate surface area is 146 Å². The summed E-state index contributed by atoms with van der Waals surface area (Å²) in [6, 6.07) is 10.0. The Morgan fingerprint density at radius 2 is 1.70 bits per heavy atom. The van der Waals surface area contributed by atoms with Gasteiger partial charge < -0.3 is 9.47 Å². The summed E-state index contributed by atoms with van der Waals surface area (Å²) < 4.78 is 12.1. The van der Waals surface area contributed by atoms with E-state index < -0.39 is 0 Å². The predicted molar refractivity (Wildman–Crippen MR) is 101 cm³/mol. The highest BCUT2D eigenvalue weighted by Gasteiger charge is 2.13. The Balaban J connectivity index is 2.43. The van der Waals surface area contributed by atoms with Crippen LogP contribution in [0.5, 0.6) is 5.75 Å². The molecule has 1 atom stereocenters. The molecule has 1 rings (SSSR count). The number of hydrogen-bond donors (Lipinski definition) is 0. The summed E-state index contributed by atoms with van der Waals surface area (Å²) in [5.74, 6) is 3.09. The van der Waals surface area contributed by atoms with Crippen LogP contribution in [0.2, 0.25) is 0 Å². The highest BCUT2D eigenvalue weighted by Crippen LogP contribution is 2.13. The molecular weight excluding hydrogens is 306 g/mol. The number of para-hydroxylation sites is 1. The van der Waals surface area contributed by atoms with Crippen LogP contribution in [0.4, 0.5) is 0 Å². The zero-order valence-electron chi connectivity index (χ0n) is 15.0. The molecule has 0 amide bonds. The number of ether oxygens (including phenoxy) is 2. The van der Waals surface area contributed by atoms with Gasteiger partial charge in [-0.2, -0.15) is 11.8 Å². The van der Waals surface area contributed by atoms with E-state index in [1.165, 1.54) is 25.0 Å². The summed E-state index contributed by atoms with van der Waals surface area (Å²) in [6.45, 7) is 10.2. The number of benzene rings is 1. The van der Waals surface area contributed by atoms with Gasteiger partial charge in [0, 0.05) is 18.8 Å². The van der Waals surface area contributed by atoms with Crippen molar-refractivity contribution >= 4 is 11.8 Å². The van der Waals surface area contributed by atoms with Gasteiger partial charge in [0.2, 0.25) is 0 Å². The fourth-order valence-corrected chi connectivity index (χ4v) is 3.20.